The Morgan fingerprint density at radius 1 is 1.14 bits per heavy atom. The average Bonchev–Trinajstić information content (AvgIpc) is 2.73. The van der Waals surface area contributed by atoms with Crippen LogP contribution in [0.15, 0.2) is 36.4 Å². The van der Waals surface area contributed by atoms with E-state index in [-0.39, 0.29) is 5.82 Å². The van der Waals surface area contributed by atoms with Gasteiger partial charge in [0, 0.05) is 12.2 Å². The summed E-state index contributed by atoms with van der Waals surface area (Å²) in [5.74, 6) is 0.0819. The molecule has 1 amide bonds. The van der Waals surface area contributed by atoms with Gasteiger partial charge < -0.3 is 15.4 Å². The fourth-order valence-electron chi connectivity index (χ4n) is 3.15. The molecule has 1 atom stereocenters. The first-order chi connectivity index (χ1) is 13.9. The number of amides is 1. The minimum atomic E-state index is -0.592. The van der Waals surface area contributed by atoms with Crippen LogP contribution in [0.25, 0.3) is 0 Å². The van der Waals surface area contributed by atoms with Crippen molar-refractivity contribution in [3.63, 3.8) is 0 Å². The second-order valence-corrected chi connectivity index (χ2v) is 7.12. The number of methoxy groups -OCH3 is 1. The topological polar surface area (TPSA) is 82.6 Å². The SMILES string of the molecule is COc1ccc(CNCCCC[C@@H](Nc2cc(C)c(F)c(C)c2)C(=O)NO)cc1. The molecular weight excluding hydrogens is 373 g/mol. The minimum absolute atomic E-state index is 0.248. The molecule has 2 rings (SSSR count). The number of unbranched alkanes of at least 4 members (excludes halogenated alkanes) is 1. The van der Waals surface area contributed by atoms with E-state index < -0.39 is 11.9 Å². The van der Waals surface area contributed by atoms with Crippen LogP contribution in [0.3, 0.4) is 0 Å². The third kappa shape index (κ3) is 7.03. The lowest BCUT2D eigenvalue weighted by Crippen LogP contribution is -2.38. The highest BCUT2D eigenvalue weighted by Crippen LogP contribution is 2.20. The molecule has 29 heavy (non-hydrogen) atoms. The number of anilines is 1. The van der Waals surface area contributed by atoms with Gasteiger partial charge in [-0.25, -0.2) is 9.87 Å². The summed E-state index contributed by atoms with van der Waals surface area (Å²) >= 11 is 0. The maximum absolute atomic E-state index is 13.8. The predicted octanol–water partition coefficient (Wildman–Crippen LogP) is 3.70. The van der Waals surface area contributed by atoms with E-state index in [9.17, 15) is 9.18 Å². The number of hydroxylamine groups is 1. The number of benzene rings is 2. The molecular formula is C22H30FN3O3. The first-order valence-corrected chi connectivity index (χ1v) is 9.75. The molecule has 0 fully saturated rings. The Kier molecular flexibility index (Phi) is 8.89. The number of ether oxygens (including phenoxy) is 1. The van der Waals surface area contributed by atoms with Gasteiger partial charge in [-0.2, -0.15) is 0 Å². The maximum atomic E-state index is 13.8. The highest BCUT2D eigenvalue weighted by Gasteiger charge is 2.18. The quantitative estimate of drug-likeness (QED) is 0.261. The van der Waals surface area contributed by atoms with E-state index in [1.807, 2.05) is 24.3 Å². The standard InChI is InChI=1S/C22H30FN3O3/c1-15-12-18(13-16(2)21(15)23)25-20(22(27)26-28)6-4-5-11-24-14-17-7-9-19(29-3)10-8-17/h7-10,12-13,20,24-25,28H,4-6,11,14H2,1-3H3,(H,26,27)/t20-/m1/s1. The number of carbonyl (C=O) groups excluding carboxylic acids is 1. The second kappa shape index (κ2) is 11.4. The molecule has 7 heteroatoms. The number of nitrogens with one attached hydrogen (secondary N) is 3. The molecule has 0 heterocycles. The van der Waals surface area contributed by atoms with E-state index in [1.54, 1.807) is 38.6 Å². The van der Waals surface area contributed by atoms with Crippen molar-refractivity contribution in [2.75, 3.05) is 19.0 Å². The molecule has 0 aromatic heterocycles. The number of hydrogen-bond donors (Lipinski definition) is 4. The van der Waals surface area contributed by atoms with Gasteiger partial charge in [0.1, 0.15) is 17.6 Å². The fourth-order valence-corrected chi connectivity index (χ4v) is 3.15. The Balaban J connectivity index is 1.78. The van der Waals surface area contributed by atoms with Crippen molar-refractivity contribution >= 4 is 11.6 Å². The summed E-state index contributed by atoms with van der Waals surface area (Å²) < 4.78 is 18.9. The van der Waals surface area contributed by atoms with Crippen molar-refractivity contribution in [3.8, 4) is 5.75 Å². The Hall–Kier alpha value is -2.64. The fraction of sp³-hybridized carbons (Fsp3) is 0.409. The number of carbonyl (C=O) groups is 1. The van der Waals surface area contributed by atoms with E-state index in [0.717, 1.165) is 31.7 Å². The van der Waals surface area contributed by atoms with Crippen LogP contribution in [0.5, 0.6) is 5.75 Å². The van der Waals surface area contributed by atoms with Gasteiger partial charge >= 0.3 is 0 Å². The summed E-state index contributed by atoms with van der Waals surface area (Å²) in [5, 5.41) is 15.5. The Labute approximate surface area is 171 Å². The lowest BCUT2D eigenvalue weighted by Gasteiger charge is -2.19. The third-order valence-corrected chi connectivity index (χ3v) is 4.79. The molecule has 0 aliphatic heterocycles. The molecule has 0 saturated carbocycles. The van der Waals surface area contributed by atoms with Gasteiger partial charge in [0.2, 0.25) is 0 Å². The van der Waals surface area contributed by atoms with Crippen molar-refractivity contribution in [3.05, 3.63) is 58.9 Å². The van der Waals surface area contributed by atoms with Gasteiger partial charge in [0.05, 0.1) is 7.11 Å². The lowest BCUT2D eigenvalue weighted by molar-refractivity contribution is -0.130. The summed E-state index contributed by atoms with van der Waals surface area (Å²) in [6, 6.07) is 10.6. The Morgan fingerprint density at radius 2 is 1.79 bits per heavy atom. The monoisotopic (exact) mass is 403 g/mol. The van der Waals surface area contributed by atoms with Crippen molar-refractivity contribution in [1.82, 2.24) is 10.8 Å². The molecule has 158 valence electrons. The van der Waals surface area contributed by atoms with Crippen LogP contribution in [0.2, 0.25) is 0 Å². The van der Waals surface area contributed by atoms with Gasteiger partial charge in [-0.1, -0.05) is 12.1 Å². The third-order valence-electron chi connectivity index (χ3n) is 4.79. The molecule has 0 spiro atoms. The molecule has 0 radical (unpaired) electrons. The Morgan fingerprint density at radius 3 is 2.38 bits per heavy atom. The smallest absolute Gasteiger partial charge is 0.265 e. The van der Waals surface area contributed by atoms with E-state index in [0.29, 0.717) is 23.2 Å². The van der Waals surface area contributed by atoms with Gasteiger partial charge in [-0.3, -0.25) is 10.0 Å². The predicted molar refractivity (Wildman–Crippen MR) is 112 cm³/mol. The normalized spacial score (nSPS) is 11.8. The van der Waals surface area contributed by atoms with Gasteiger partial charge in [0.25, 0.3) is 5.91 Å². The summed E-state index contributed by atoms with van der Waals surface area (Å²) in [5.41, 5.74) is 4.57. The van der Waals surface area contributed by atoms with Crippen molar-refractivity contribution in [1.29, 1.82) is 0 Å². The molecule has 2 aromatic rings. The zero-order valence-electron chi connectivity index (χ0n) is 17.2. The van der Waals surface area contributed by atoms with E-state index >= 15 is 0 Å². The zero-order valence-corrected chi connectivity index (χ0v) is 17.2. The molecule has 4 N–H and O–H groups in total. The summed E-state index contributed by atoms with van der Waals surface area (Å²) in [4.78, 5) is 12.0. The molecule has 0 unspecified atom stereocenters. The maximum Gasteiger partial charge on any atom is 0.265 e. The van der Waals surface area contributed by atoms with Crippen LogP contribution in [-0.2, 0) is 11.3 Å². The van der Waals surface area contributed by atoms with Gasteiger partial charge in [-0.05, 0) is 80.6 Å². The number of rotatable bonds is 11. The number of aryl methyl sites for hydroxylation is 2. The molecule has 0 saturated heterocycles. The highest BCUT2D eigenvalue weighted by molar-refractivity contribution is 5.83. The van der Waals surface area contributed by atoms with Crippen molar-refractivity contribution in [2.45, 2.75) is 45.7 Å². The van der Waals surface area contributed by atoms with Crippen molar-refractivity contribution < 1.29 is 19.1 Å². The molecule has 0 aliphatic rings. The first-order valence-electron chi connectivity index (χ1n) is 9.75. The summed E-state index contributed by atoms with van der Waals surface area (Å²) in [7, 11) is 1.64. The average molecular weight is 403 g/mol. The summed E-state index contributed by atoms with van der Waals surface area (Å²) in [6.07, 6.45) is 2.22. The van der Waals surface area contributed by atoms with E-state index in [1.165, 1.54) is 5.56 Å². The minimum Gasteiger partial charge on any atom is -0.497 e. The van der Waals surface area contributed by atoms with Gasteiger partial charge in [0.15, 0.2) is 0 Å². The van der Waals surface area contributed by atoms with Crippen LogP contribution in [0.1, 0.15) is 36.0 Å². The van der Waals surface area contributed by atoms with Crippen LogP contribution < -0.4 is 20.9 Å². The van der Waals surface area contributed by atoms with Crippen molar-refractivity contribution in [2.24, 2.45) is 0 Å². The van der Waals surface area contributed by atoms with E-state index in [2.05, 4.69) is 10.6 Å². The number of halogens is 1. The van der Waals surface area contributed by atoms with Crippen LogP contribution in [-0.4, -0.2) is 30.8 Å². The zero-order chi connectivity index (χ0) is 21.2. The van der Waals surface area contributed by atoms with Crippen LogP contribution in [0.4, 0.5) is 10.1 Å². The highest BCUT2D eigenvalue weighted by atomic mass is 19.1. The molecule has 0 aliphatic carbocycles. The van der Waals surface area contributed by atoms with Crippen LogP contribution in [0, 0.1) is 19.7 Å². The molecule has 2 aromatic carbocycles. The van der Waals surface area contributed by atoms with Gasteiger partial charge in [-0.15, -0.1) is 0 Å². The van der Waals surface area contributed by atoms with E-state index in [4.69, 9.17) is 9.94 Å². The Bertz CT molecular complexity index is 773. The molecule has 6 nitrogen and oxygen atoms in total. The largest absolute Gasteiger partial charge is 0.497 e. The number of hydrogen-bond acceptors (Lipinski definition) is 5. The lowest BCUT2D eigenvalue weighted by atomic mass is 10.1. The second-order valence-electron chi connectivity index (χ2n) is 7.12. The molecule has 0 bridgehead atoms. The first kappa shape index (κ1) is 22.6. The summed E-state index contributed by atoms with van der Waals surface area (Å²) in [6.45, 7) is 4.94. The van der Waals surface area contributed by atoms with Crippen LogP contribution >= 0.6 is 0 Å².